The first-order valence-corrected chi connectivity index (χ1v) is 10.6. The number of aromatic hydroxyl groups is 1. The molecular formula is C16H11Cl2NO8S2. The summed E-state index contributed by atoms with van der Waals surface area (Å²) >= 11 is 12.4. The van der Waals surface area contributed by atoms with Crippen molar-refractivity contribution in [2.24, 2.45) is 0 Å². The number of anilines is 1. The SMILES string of the molecule is COC(=O)c1ccc(NS(=O)(=O)c2cc(Cl)c(Cl)s2)c(-c2oc(=O)oc2C)c1O. The Hall–Kier alpha value is -2.47. The van der Waals surface area contributed by atoms with Crippen LogP contribution in [-0.2, 0) is 14.8 Å². The molecule has 2 N–H and O–H groups in total. The molecule has 0 unspecified atom stereocenters. The molecule has 0 aliphatic carbocycles. The van der Waals surface area contributed by atoms with Gasteiger partial charge in [0.25, 0.3) is 10.0 Å². The fourth-order valence-electron chi connectivity index (χ4n) is 2.41. The third-order valence-corrected chi connectivity index (χ3v) is 7.39. The number of aryl methyl sites for hydroxylation is 1. The van der Waals surface area contributed by atoms with Gasteiger partial charge in [0.1, 0.15) is 19.9 Å². The Morgan fingerprint density at radius 1 is 1.28 bits per heavy atom. The van der Waals surface area contributed by atoms with Gasteiger partial charge in [-0.15, -0.1) is 11.3 Å². The number of rotatable bonds is 5. The summed E-state index contributed by atoms with van der Waals surface area (Å²) in [5, 5.41) is 10.6. The number of phenolic OH excluding ortho intramolecular Hbond substituents is 1. The van der Waals surface area contributed by atoms with Crippen molar-refractivity contribution in [2.75, 3.05) is 11.8 Å². The number of thiophene rings is 1. The zero-order valence-corrected chi connectivity index (χ0v) is 17.8. The summed E-state index contributed by atoms with van der Waals surface area (Å²) in [5.41, 5.74) is -0.757. The maximum atomic E-state index is 12.7. The fraction of sp³-hybridized carbons (Fsp3) is 0.125. The third kappa shape index (κ3) is 3.99. The van der Waals surface area contributed by atoms with Crippen LogP contribution in [-0.4, -0.2) is 26.6 Å². The normalized spacial score (nSPS) is 11.4. The first-order chi connectivity index (χ1) is 13.5. The number of sulfonamides is 1. The fourth-order valence-corrected chi connectivity index (χ4v) is 5.36. The topological polar surface area (TPSA) is 136 Å². The van der Waals surface area contributed by atoms with Crippen LogP contribution in [0.25, 0.3) is 11.3 Å². The minimum Gasteiger partial charge on any atom is -0.506 e. The van der Waals surface area contributed by atoms with E-state index in [0.29, 0.717) is 0 Å². The van der Waals surface area contributed by atoms with Crippen LogP contribution >= 0.6 is 34.5 Å². The number of phenols is 1. The van der Waals surface area contributed by atoms with Crippen molar-refractivity contribution in [3.63, 3.8) is 0 Å². The highest BCUT2D eigenvalue weighted by atomic mass is 35.5. The molecule has 3 aromatic rings. The summed E-state index contributed by atoms with van der Waals surface area (Å²) in [4.78, 5) is 23.4. The van der Waals surface area contributed by atoms with Gasteiger partial charge in [0.05, 0.1) is 23.4 Å². The standard InChI is InChI=1S/C16H11Cl2NO8S2/c1-6-13(27-16(22)26-6)11-9(4-3-7(12(11)20)15(21)25-2)19-29(23,24)10-5-8(17)14(18)28-10/h3-5,19-20H,1-2H3. The molecule has 9 nitrogen and oxygen atoms in total. The molecule has 0 saturated heterocycles. The zero-order chi connectivity index (χ0) is 21.5. The molecule has 154 valence electrons. The number of halogens is 2. The monoisotopic (exact) mass is 479 g/mol. The van der Waals surface area contributed by atoms with E-state index in [9.17, 15) is 23.1 Å². The summed E-state index contributed by atoms with van der Waals surface area (Å²) in [6.45, 7) is 1.36. The van der Waals surface area contributed by atoms with Crippen molar-refractivity contribution in [3.05, 3.63) is 49.5 Å². The van der Waals surface area contributed by atoms with Crippen LogP contribution in [0.4, 0.5) is 5.69 Å². The number of carbonyl (C=O) groups excluding carboxylic acids is 1. The summed E-state index contributed by atoms with van der Waals surface area (Å²) in [7, 11) is -3.08. The Kier molecular flexibility index (Phi) is 5.68. The second-order valence-corrected chi connectivity index (χ2v) is 9.48. The number of ether oxygens (including phenoxy) is 1. The lowest BCUT2D eigenvalue weighted by atomic mass is 10.0. The Morgan fingerprint density at radius 3 is 2.48 bits per heavy atom. The Bertz CT molecular complexity index is 1250. The van der Waals surface area contributed by atoms with E-state index in [4.69, 9.17) is 32.0 Å². The maximum absolute atomic E-state index is 12.7. The number of methoxy groups -OCH3 is 1. The molecule has 2 aromatic heterocycles. The van der Waals surface area contributed by atoms with Crippen molar-refractivity contribution < 1.29 is 31.9 Å². The molecule has 0 amide bonds. The van der Waals surface area contributed by atoms with Crippen LogP contribution < -0.4 is 10.5 Å². The van der Waals surface area contributed by atoms with Crippen LogP contribution in [0.1, 0.15) is 16.1 Å². The van der Waals surface area contributed by atoms with E-state index < -0.39 is 27.6 Å². The van der Waals surface area contributed by atoms with Crippen molar-refractivity contribution >= 4 is 56.2 Å². The van der Waals surface area contributed by atoms with Gasteiger partial charge in [-0.2, -0.15) is 0 Å². The average Bonchev–Trinajstić information content (AvgIpc) is 3.16. The quantitative estimate of drug-likeness (QED) is 0.526. The number of benzene rings is 1. The molecule has 0 fully saturated rings. The molecule has 1 aromatic carbocycles. The second kappa shape index (κ2) is 7.75. The van der Waals surface area contributed by atoms with Crippen molar-refractivity contribution in [1.29, 1.82) is 0 Å². The van der Waals surface area contributed by atoms with Gasteiger partial charge in [-0.05, 0) is 25.1 Å². The van der Waals surface area contributed by atoms with E-state index in [1.807, 2.05) is 0 Å². The molecule has 0 bridgehead atoms. The lowest BCUT2D eigenvalue weighted by Gasteiger charge is -2.14. The van der Waals surface area contributed by atoms with Crippen molar-refractivity contribution in [2.45, 2.75) is 11.1 Å². The Labute approximate surface area is 177 Å². The lowest BCUT2D eigenvalue weighted by molar-refractivity contribution is 0.0597. The van der Waals surface area contributed by atoms with E-state index in [-0.39, 0.29) is 41.9 Å². The predicted molar refractivity (Wildman–Crippen MR) is 106 cm³/mol. The van der Waals surface area contributed by atoms with Gasteiger partial charge < -0.3 is 18.7 Å². The molecule has 0 spiro atoms. The van der Waals surface area contributed by atoms with E-state index >= 15 is 0 Å². The second-order valence-electron chi connectivity index (χ2n) is 5.51. The number of hydrogen-bond donors (Lipinski definition) is 2. The van der Waals surface area contributed by atoms with Gasteiger partial charge in [-0.3, -0.25) is 4.72 Å². The summed E-state index contributed by atoms with van der Waals surface area (Å²) in [5.74, 6) is -2.95. The van der Waals surface area contributed by atoms with E-state index in [0.717, 1.165) is 30.6 Å². The highest BCUT2D eigenvalue weighted by molar-refractivity contribution is 7.94. The summed E-state index contributed by atoms with van der Waals surface area (Å²) in [6, 6.07) is 3.50. The third-order valence-electron chi connectivity index (χ3n) is 3.68. The largest absolute Gasteiger partial charge is 0.519 e. The highest BCUT2D eigenvalue weighted by Gasteiger charge is 2.28. The van der Waals surface area contributed by atoms with Gasteiger partial charge in [-0.1, -0.05) is 23.2 Å². The van der Waals surface area contributed by atoms with E-state index in [1.54, 1.807) is 0 Å². The number of esters is 1. The summed E-state index contributed by atoms with van der Waals surface area (Å²) in [6.07, 6.45) is 0. The Balaban J connectivity index is 2.21. The van der Waals surface area contributed by atoms with Crippen molar-refractivity contribution in [1.82, 2.24) is 0 Å². The number of hydrogen-bond acceptors (Lipinski definition) is 9. The molecule has 0 saturated carbocycles. The zero-order valence-electron chi connectivity index (χ0n) is 14.6. The van der Waals surface area contributed by atoms with Crippen molar-refractivity contribution in [3.8, 4) is 17.1 Å². The van der Waals surface area contributed by atoms with Crippen LogP contribution in [0, 0.1) is 6.92 Å². The first-order valence-electron chi connectivity index (χ1n) is 7.58. The molecule has 2 heterocycles. The van der Waals surface area contributed by atoms with Crippen LogP contribution in [0.2, 0.25) is 9.36 Å². The molecule has 0 radical (unpaired) electrons. The molecule has 0 aliphatic heterocycles. The van der Waals surface area contributed by atoms with Crippen LogP contribution in [0.15, 0.2) is 36.0 Å². The first kappa shape index (κ1) is 21.2. The van der Waals surface area contributed by atoms with Gasteiger partial charge >= 0.3 is 11.8 Å². The smallest absolute Gasteiger partial charge is 0.506 e. The highest BCUT2D eigenvalue weighted by Crippen LogP contribution is 2.42. The minimum atomic E-state index is -4.19. The molecule has 29 heavy (non-hydrogen) atoms. The lowest BCUT2D eigenvalue weighted by Crippen LogP contribution is -2.13. The number of carbonyl (C=O) groups is 1. The summed E-state index contributed by atoms with van der Waals surface area (Å²) < 4.78 is 41.9. The minimum absolute atomic E-state index is 0.0463. The van der Waals surface area contributed by atoms with Gasteiger partial charge in [0.2, 0.25) is 0 Å². The predicted octanol–water partition coefficient (Wildman–Crippen LogP) is 3.87. The molecule has 0 atom stereocenters. The van der Waals surface area contributed by atoms with Gasteiger partial charge in [0.15, 0.2) is 11.5 Å². The Morgan fingerprint density at radius 2 is 1.97 bits per heavy atom. The maximum Gasteiger partial charge on any atom is 0.519 e. The van der Waals surface area contributed by atoms with E-state index in [1.165, 1.54) is 13.0 Å². The molecule has 13 heteroatoms. The van der Waals surface area contributed by atoms with Gasteiger partial charge in [0, 0.05) is 0 Å². The average molecular weight is 480 g/mol. The number of nitrogens with one attached hydrogen (secondary N) is 1. The van der Waals surface area contributed by atoms with Gasteiger partial charge in [-0.25, -0.2) is 18.0 Å². The molecule has 0 aliphatic rings. The molecular weight excluding hydrogens is 469 g/mol. The molecule has 3 rings (SSSR count). The van der Waals surface area contributed by atoms with E-state index in [2.05, 4.69) is 9.46 Å². The van der Waals surface area contributed by atoms with Crippen LogP contribution in [0.3, 0.4) is 0 Å². The van der Waals surface area contributed by atoms with Crippen LogP contribution in [0.5, 0.6) is 5.75 Å².